The van der Waals surface area contributed by atoms with Gasteiger partial charge in [-0.15, -0.1) is 12.4 Å². The van der Waals surface area contributed by atoms with Crippen molar-refractivity contribution in [3.05, 3.63) is 20.7 Å². The number of aryl methyl sites for hydroxylation is 1. The maximum Gasteiger partial charge on any atom is 0.307 e. The first-order valence-electron chi connectivity index (χ1n) is 7.13. The minimum absolute atomic E-state index is 0. The number of thiazole rings is 1. The number of nitrogens with one attached hydrogen (secondary N) is 2. The predicted octanol–water partition coefficient (Wildman–Crippen LogP) is 1.54. The van der Waals surface area contributed by atoms with E-state index in [-0.39, 0.29) is 28.6 Å². The Morgan fingerprint density at radius 1 is 1.48 bits per heavy atom. The van der Waals surface area contributed by atoms with Crippen molar-refractivity contribution in [2.75, 3.05) is 19.6 Å². The van der Waals surface area contributed by atoms with E-state index in [0.29, 0.717) is 13.0 Å². The van der Waals surface area contributed by atoms with Gasteiger partial charge in [0.1, 0.15) is 0 Å². The molecule has 120 valence electrons. The summed E-state index contributed by atoms with van der Waals surface area (Å²) in [5.74, 6) is 0.0299. The molecule has 7 heteroatoms. The first-order valence-corrected chi connectivity index (χ1v) is 8.00. The lowest BCUT2D eigenvalue weighted by molar-refractivity contribution is -0.121. The van der Waals surface area contributed by atoms with Crippen molar-refractivity contribution in [2.45, 2.75) is 39.7 Å². The second-order valence-corrected chi connectivity index (χ2v) is 6.70. The van der Waals surface area contributed by atoms with E-state index >= 15 is 0 Å². The summed E-state index contributed by atoms with van der Waals surface area (Å²) in [4.78, 5) is 23.5. The molecule has 0 unspecified atom stereocenters. The van der Waals surface area contributed by atoms with Crippen LogP contribution in [0.2, 0.25) is 0 Å². The summed E-state index contributed by atoms with van der Waals surface area (Å²) in [6.45, 7) is 7.36. The van der Waals surface area contributed by atoms with E-state index in [2.05, 4.69) is 17.6 Å². The molecule has 21 heavy (non-hydrogen) atoms. The highest BCUT2D eigenvalue weighted by Crippen LogP contribution is 2.26. The molecule has 2 N–H and O–H groups in total. The Morgan fingerprint density at radius 3 is 2.71 bits per heavy atom. The van der Waals surface area contributed by atoms with Crippen molar-refractivity contribution in [1.82, 2.24) is 15.2 Å². The summed E-state index contributed by atoms with van der Waals surface area (Å²) < 4.78 is 1.66. The minimum atomic E-state index is 0. The quantitative estimate of drug-likeness (QED) is 0.859. The molecule has 1 aromatic rings. The smallest absolute Gasteiger partial charge is 0.307 e. The van der Waals surface area contributed by atoms with Crippen molar-refractivity contribution < 1.29 is 4.79 Å². The summed E-state index contributed by atoms with van der Waals surface area (Å²) in [7, 11) is 0. The van der Waals surface area contributed by atoms with Crippen LogP contribution >= 0.6 is 23.7 Å². The van der Waals surface area contributed by atoms with Crippen LogP contribution < -0.4 is 15.5 Å². The number of aromatic nitrogens is 1. The van der Waals surface area contributed by atoms with Crippen molar-refractivity contribution in [3.63, 3.8) is 0 Å². The second-order valence-electron chi connectivity index (χ2n) is 5.88. The molecule has 1 fully saturated rings. The van der Waals surface area contributed by atoms with Gasteiger partial charge in [-0.1, -0.05) is 18.3 Å². The minimum Gasteiger partial charge on any atom is -0.355 e. The van der Waals surface area contributed by atoms with Crippen LogP contribution in [0.4, 0.5) is 0 Å². The van der Waals surface area contributed by atoms with Crippen molar-refractivity contribution in [3.8, 4) is 0 Å². The van der Waals surface area contributed by atoms with Gasteiger partial charge in [-0.2, -0.15) is 0 Å². The topological polar surface area (TPSA) is 63.1 Å². The van der Waals surface area contributed by atoms with E-state index in [1.807, 2.05) is 12.3 Å². The molecule has 0 saturated carbocycles. The molecule has 2 heterocycles. The number of carbonyl (C=O) groups is 1. The lowest BCUT2D eigenvalue weighted by Gasteiger charge is -2.34. The molecule has 0 spiro atoms. The van der Waals surface area contributed by atoms with Gasteiger partial charge in [-0.3, -0.25) is 9.59 Å². The van der Waals surface area contributed by atoms with E-state index < -0.39 is 0 Å². The van der Waals surface area contributed by atoms with Crippen molar-refractivity contribution in [2.24, 2.45) is 5.41 Å². The molecule has 1 saturated heterocycles. The van der Waals surface area contributed by atoms with E-state index in [4.69, 9.17) is 0 Å². The summed E-state index contributed by atoms with van der Waals surface area (Å²) in [6, 6.07) is 0. The highest BCUT2D eigenvalue weighted by molar-refractivity contribution is 7.07. The third kappa shape index (κ3) is 5.13. The van der Waals surface area contributed by atoms with Crippen LogP contribution in [0.25, 0.3) is 0 Å². The number of rotatable bonds is 5. The van der Waals surface area contributed by atoms with E-state index in [0.717, 1.165) is 38.2 Å². The van der Waals surface area contributed by atoms with Gasteiger partial charge in [0.15, 0.2) is 0 Å². The molecular weight excluding hydrogens is 310 g/mol. The van der Waals surface area contributed by atoms with E-state index in [1.165, 1.54) is 11.3 Å². The average molecular weight is 334 g/mol. The monoisotopic (exact) mass is 333 g/mol. The molecule has 0 atom stereocenters. The van der Waals surface area contributed by atoms with Crippen LogP contribution in [0.3, 0.4) is 0 Å². The van der Waals surface area contributed by atoms with E-state index in [9.17, 15) is 9.59 Å². The van der Waals surface area contributed by atoms with Crippen molar-refractivity contribution >= 4 is 29.7 Å². The fraction of sp³-hybridized carbons (Fsp3) is 0.714. The Kier molecular flexibility index (Phi) is 6.90. The van der Waals surface area contributed by atoms with Crippen LogP contribution in [-0.2, 0) is 11.3 Å². The standard InChI is InChI=1S/C14H23N3O2S.ClH/c1-11-9-20-13(19)17(11)8-3-12(18)16-10-14(2)4-6-15-7-5-14;/h9,15H,3-8,10H2,1-2H3,(H,16,18);1H. The van der Waals surface area contributed by atoms with Gasteiger partial charge < -0.3 is 15.2 Å². The Labute approximate surface area is 135 Å². The Balaban J connectivity index is 0.00000220. The van der Waals surface area contributed by atoms with Crippen LogP contribution in [0.15, 0.2) is 10.2 Å². The number of carbonyl (C=O) groups excluding carboxylic acids is 1. The molecule has 1 aromatic heterocycles. The third-order valence-electron chi connectivity index (χ3n) is 4.06. The van der Waals surface area contributed by atoms with Gasteiger partial charge in [-0.05, 0) is 38.3 Å². The van der Waals surface area contributed by atoms with Gasteiger partial charge in [-0.25, -0.2) is 0 Å². The zero-order valence-electron chi connectivity index (χ0n) is 12.6. The molecule has 5 nitrogen and oxygen atoms in total. The fourth-order valence-electron chi connectivity index (χ4n) is 2.50. The SMILES string of the molecule is Cc1csc(=O)n1CCC(=O)NCC1(C)CCNCC1.Cl. The van der Waals surface area contributed by atoms with Crippen LogP contribution in [0.1, 0.15) is 31.9 Å². The zero-order valence-corrected chi connectivity index (χ0v) is 14.2. The number of halogens is 1. The Morgan fingerprint density at radius 2 is 2.14 bits per heavy atom. The summed E-state index contributed by atoms with van der Waals surface area (Å²) in [5, 5.41) is 8.18. The molecule has 2 rings (SSSR count). The molecule has 0 aromatic carbocycles. The summed E-state index contributed by atoms with van der Waals surface area (Å²) in [6.07, 6.45) is 2.55. The highest BCUT2D eigenvalue weighted by atomic mass is 35.5. The first-order chi connectivity index (χ1) is 9.50. The summed E-state index contributed by atoms with van der Waals surface area (Å²) in [5.41, 5.74) is 1.13. The third-order valence-corrected chi connectivity index (χ3v) is 4.94. The molecule has 0 aliphatic carbocycles. The van der Waals surface area contributed by atoms with Gasteiger partial charge in [0.25, 0.3) is 0 Å². The molecule has 1 aliphatic rings. The van der Waals surface area contributed by atoms with Gasteiger partial charge >= 0.3 is 4.87 Å². The largest absolute Gasteiger partial charge is 0.355 e. The van der Waals surface area contributed by atoms with E-state index in [1.54, 1.807) is 4.57 Å². The zero-order chi connectivity index (χ0) is 14.6. The van der Waals surface area contributed by atoms with Crippen LogP contribution in [0.5, 0.6) is 0 Å². The molecule has 1 amide bonds. The lowest BCUT2D eigenvalue weighted by Crippen LogP contribution is -2.43. The number of piperidine rings is 1. The predicted molar refractivity (Wildman–Crippen MR) is 88.4 cm³/mol. The average Bonchev–Trinajstić information content (AvgIpc) is 2.74. The maximum absolute atomic E-state index is 11.9. The van der Waals surface area contributed by atoms with Crippen molar-refractivity contribution in [1.29, 1.82) is 0 Å². The number of hydrogen-bond acceptors (Lipinski definition) is 4. The Hall–Kier alpha value is -0.850. The first kappa shape index (κ1) is 18.2. The Bertz CT molecular complexity index is 521. The van der Waals surface area contributed by atoms with Crippen LogP contribution in [-0.4, -0.2) is 30.1 Å². The van der Waals surface area contributed by atoms with Crippen LogP contribution in [0, 0.1) is 12.3 Å². The van der Waals surface area contributed by atoms with Gasteiger partial charge in [0, 0.05) is 30.6 Å². The maximum atomic E-state index is 11.9. The molecular formula is C14H24ClN3O2S. The second kappa shape index (κ2) is 7.96. The molecule has 0 bridgehead atoms. The molecule has 1 aliphatic heterocycles. The van der Waals surface area contributed by atoms with Gasteiger partial charge in [0.2, 0.25) is 5.91 Å². The van der Waals surface area contributed by atoms with Gasteiger partial charge in [0.05, 0.1) is 0 Å². The normalized spacial score (nSPS) is 17.0. The number of nitrogens with zero attached hydrogens (tertiary/aromatic N) is 1. The fourth-order valence-corrected chi connectivity index (χ4v) is 3.26. The highest BCUT2D eigenvalue weighted by Gasteiger charge is 2.26. The number of amides is 1. The lowest BCUT2D eigenvalue weighted by atomic mass is 9.81. The summed E-state index contributed by atoms with van der Waals surface area (Å²) >= 11 is 1.19. The molecule has 0 radical (unpaired) electrons. The number of hydrogen-bond donors (Lipinski definition) is 2.